The van der Waals surface area contributed by atoms with E-state index in [2.05, 4.69) is 139 Å². The second-order valence-electron chi connectivity index (χ2n) is 13.8. The van der Waals surface area contributed by atoms with Gasteiger partial charge in [0.15, 0.2) is 0 Å². The number of nitrogens with zero attached hydrogens (tertiary/aromatic N) is 3. The first-order chi connectivity index (χ1) is 19.6. The average Bonchev–Trinajstić information content (AvgIpc) is 2.92. The van der Waals surface area contributed by atoms with Crippen LogP contribution in [0.4, 0.5) is 11.4 Å². The molecular formula is C39H55Cl2FeN3. The predicted molar refractivity (Wildman–Crippen MR) is 185 cm³/mol. The predicted octanol–water partition coefficient (Wildman–Crippen LogP) is 6.11. The normalized spacial score (nSPS) is 12.3. The molecule has 0 spiro atoms. The summed E-state index contributed by atoms with van der Waals surface area (Å²) >= 11 is 0. The van der Waals surface area contributed by atoms with Gasteiger partial charge in [-0.25, -0.2) is 4.98 Å². The molecule has 0 aliphatic rings. The molecule has 1 heterocycles. The summed E-state index contributed by atoms with van der Waals surface area (Å²) in [4.78, 5) is 15.6. The molecule has 0 radical (unpaired) electrons. The quantitative estimate of drug-likeness (QED) is 0.187. The maximum atomic E-state index is 5.27. The molecule has 0 fully saturated rings. The van der Waals surface area contributed by atoms with Crippen LogP contribution in [0, 0.1) is 0 Å². The van der Waals surface area contributed by atoms with Crippen molar-refractivity contribution in [2.24, 2.45) is 9.98 Å². The van der Waals surface area contributed by atoms with Crippen LogP contribution >= 0.6 is 0 Å². The maximum Gasteiger partial charge on any atom is 2.00 e. The first-order valence-electron chi connectivity index (χ1n) is 16.1. The molecule has 0 aliphatic carbocycles. The fourth-order valence-electron chi connectivity index (χ4n) is 5.38. The topological polar surface area (TPSA) is 37.6 Å². The Balaban J connectivity index is 0.00000645. The number of pyridine rings is 1. The van der Waals surface area contributed by atoms with Gasteiger partial charge in [0.2, 0.25) is 0 Å². The molecule has 3 aromatic rings. The van der Waals surface area contributed by atoms with Gasteiger partial charge < -0.3 is 24.8 Å². The molecule has 1 aromatic heterocycles. The number of hydrogen-bond acceptors (Lipinski definition) is 3. The van der Waals surface area contributed by atoms with E-state index < -0.39 is 0 Å². The van der Waals surface area contributed by atoms with E-state index >= 15 is 0 Å². The minimum absolute atomic E-state index is 0. The molecule has 0 atom stereocenters. The molecular weight excluding hydrogens is 637 g/mol. The molecule has 0 amide bonds. The number of halogens is 2. The van der Waals surface area contributed by atoms with E-state index in [4.69, 9.17) is 15.0 Å². The number of aromatic nitrogens is 1. The van der Waals surface area contributed by atoms with Gasteiger partial charge >= 0.3 is 17.1 Å². The maximum absolute atomic E-state index is 5.27. The summed E-state index contributed by atoms with van der Waals surface area (Å²) < 4.78 is 0. The van der Waals surface area contributed by atoms with E-state index in [1.807, 2.05) is 0 Å². The second kappa shape index (κ2) is 18.4. The Morgan fingerprint density at radius 2 is 0.756 bits per heavy atom. The molecule has 3 nitrogen and oxygen atoms in total. The summed E-state index contributed by atoms with van der Waals surface area (Å²) in [5, 5.41) is 0. The molecule has 248 valence electrons. The van der Waals surface area contributed by atoms with Gasteiger partial charge in [-0.3, -0.25) is 9.98 Å². The van der Waals surface area contributed by atoms with Gasteiger partial charge in [0.25, 0.3) is 0 Å². The fourth-order valence-corrected chi connectivity index (χ4v) is 5.38. The smallest absolute Gasteiger partial charge is 1.00 e. The van der Waals surface area contributed by atoms with E-state index in [0.717, 1.165) is 34.2 Å². The molecule has 2 aromatic carbocycles. The molecule has 6 heteroatoms. The SMILES string of the molecule is CC(=Nc1c(C(C)C)cc(C(C)C)cc1C(C)C)c1cccc(C(C)=Nc2c(C(C)C)cc(C(C)C)cc2C(C)C)n1.[Cl-].[Cl-].[Fe+2]. The van der Waals surface area contributed by atoms with Crippen molar-refractivity contribution in [3.63, 3.8) is 0 Å². The molecule has 0 saturated carbocycles. The summed E-state index contributed by atoms with van der Waals surface area (Å²) in [7, 11) is 0. The van der Waals surface area contributed by atoms with E-state index in [1.54, 1.807) is 0 Å². The van der Waals surface area contributed by atoms with Crippen LogP contribution in [-0.2, 0) is 17.1 Å². The number of rotatable bonds is 10. The molecule has 3 rings (SSSR count). The summed E-state index contributed by atoms with van der Waals surface area (Å²) in [6.07, 6.45) is 0. The van der Waals surface area contributed by atoms with Gasteiger partial charge in [-0.05, 0) is 94.9 Å². The third-order valence-corrected chi connectivity index (χ3v) is 8.25. The van der Waals surface area contributed by atoms with Crippen molar-refractivity contribution in [2.75, 3.05) is 0 Å². The summed E-state index contributed by atoms with van der Waals surface area (Å²) in [5.41, 5.74) is 13.9. The van der Waals surface area contributed by atoms with Gasteiger partial charge in [0, 0.05) is 0 Å². The third-order valence-electron chi connectivity index (χ3n) is 8.25. The Labute approximate surface area is 297 Å². The number of aliphatic imine (C=N–C) groups is 2. The van der Waals surface area contributed by atoms with Crippen LogP contribution in [-0.4, -0.2) is 16.4 Å². The second-order valence-corrected chi connectivity index (χ2v) is 13.8. The van der Waals surface area contributed by atoms with Gasteiger partial charge in [-0.2, -0.15) is 0 Å². The Kier molecular flexibility index (Phi) is 17.6. The first kappa shape index (κ1) is 43.0. The number of benzene rings is 2. The van der Waals surface area contributed by atoms with Crippen LogP contribution in [0.25, 0.3) is 0 Å². The van der Waals surface area contributed by atoms with Crippen LogP contribution in [0.5, 0.6) is 0 Å². The Bertz CT molecular complexity index is 1300. The average molecular weight is 693 g/mol. The van der Waals surface area contributed by atoms with Crippen molar-refractivity contribution in [2.45, 2.75) is 132 Å². The van der Waals surface area contributed by atoms with Crippen LogP contribution in [0.1, 0.15) is 177 Å². The van der Waals surface area contributed by atoms with E-state index in [0.29, 0.717) is 35.5 Å². The molecule has 0 bridgehead atoms. The molecule has 0 saturated heterocycles. The molecule has 0 aliphatic heterocycles. The zero-order valence-electron chi connectivity index (χ0n) is 30.0. The van der Waals surface area contributed by atoms with Crippen LogP contribution < -0.4 is 24.8 Å². The summed E-state index contributed by atoms with van der Waals surface area (Å²) in [5.74, 6) is 2.49. The van der Waals surface area contributed by atoms with Crippen LogP contribution in [0.15, 0.2) is 52.4 Å². The first-order valence-corrected chi connectivity index (χ1v) is 16.1. The molecule has 0 unspecified atom stereocenters. The van der Waals surface area contributed by atoms with Gasteiger partial charge in [0.1, 0.15) is 0 Å². The summed E-state index contributed by atoms with van der Waals surface area (Å²) in [6, 6.07) is 15.7. The third kappa shape index (κ3) is 10.5. The van der Waals surface area contributed by atoms with Crippen molar-refractivity contribution in [1.82, 2.24) is 4.98 Å². The molecule has 0 N–H and O–H groups in total. The van der Waals surface area contributed by atoms with Crippen molar-refractivity contribution in [3.8, 4) is 0 Å². The van der Waals surface area contributed by atoms with Crippen LogP contribution in [0.3, 0.4) is 0 Å². The van der Waals surface area contributed by atoms with E-state index in [1.165, 1.54) is 33.4 Å². The minimum atomic E-state index is 0. The zero-order valence-corrected chi connectivity index (χ0v) is 32.6. The van der Waals surface area contributed by atoms with Gasteiger partial charge in [0.05, 0.1) is 34.2 Å². The zero-order chi connectivity index (χ0) is 31.5. The van der Waals surface area contributed by atoms with Gasteiger partial charge in [-0.15, -0.1) is 0 Å². The fraction of sp³-hybridized carbons (Fsp3) is 0.513. The van der Waals surface area contributed by atoms with E-state index in [-0.39, 0.29) is 41.9 Å². The van der Waals surface area contributed by atoms with Crippen molar-refractivity contribution in [1.29, 1.82) is 0 Å². The summed E-state index contributed by atoms with van der Waals surface area (Å²) in [6.45, 7) is 31.4. The van der Waals surface area contributed by atoms with Crippen molar-refractivity contribution in [3.05, 3.63) is 87.2 Å². The Morgan fingerprint density at radius 1 is 0.489 bits per heavy atom. The van der Waals surface area contributed by atoms with E-state index in [9.17, 15) is 0 Å². The van der Waals surface area contributed by atoms with Crippen molar-refractivity contribution >= 4 is 22.8 Å². The monoisotopic (exact) mass is 691 g/mol. The number of hydrogen-bond donors (Lipinski definition) is 0. The van der Waals surface area contributed by atoms with Crippen molar-refractivity contribution < 1.29 is 41.9 Å². The Hall–Kier alpha value is -1.97. The Morgan fingerprint density at radius 3 is 0.978 bits per heavy atom. The largest absolute Gasteiger partial charge is 2.00 e. The van der Waals surface area contributed by atoms with Gasteiger partial charge in [-0.1, -0.05) is 113 Å². The minimum Gasteiger partial charge on any atom is -1.00 e. The standard InChI is InChI=1S/C39H55N3.2ClH.Fe/c1-22(2)30-18-32(24(5)6)38(33(19-30)25(7)8)40-28(13)36-16-15-17-37(42-36)29(14)41-39-34(26(9)10)20-31(23(3)4)21-35(39)27(11)12;;;/h15-27H,1-14H3;2*1H;/q;;;+2/p-2. The van der Waals surface area contributed by atoms with Crippen LogP contribution in [0.2, 0.25) is 0 Å². The molecule has 45 heavy (non-hydrogen) atoms.